The van der Waals surface area contributed by atoms with Crippen LogP contribution in [0.4, 0.5) is 0 Å². The molecule has 1 aromatic heterocycles. The lowest BCUT2D eigenvalue weighted by Gasteiger charge is -2.27. The fourth-order valence-corrected chi connectivity index (χ4v) is 5.31. The Morgan fingerprint density at radius 3 is 2.55 bits per heavy atom. The predicted molar refractivity (Wildman–Crippen MR) is 138 cm³/mol. The number of fused-ring (bicyclic) bond motifs is 1. The van der Waals surface area contributed by atoms with Crippen molar-refractivity contribution in [1.82, 2.24) is 9.88 Å². The van der Waals surface area contributed by atoms with Crippen molar-refractivity contribution in [2.75, 3.05) is 0 Å². The number of carbonyl (C=O) groups is 1. The molecule has 2 aromatic carbocycles. The molecule has 2 aliphatic carbocycles. The second kappa shape index (κ2) is 10.3. The van der Waals surface area contributed by atoms with Crippen LogP contribution in [-0.4, -0.2) is 22.6 Å². The number of aromatic nitrogens is 1. The predicted octanol–water partition coefficient (Wildman–Crippen LogP) is 5.69. The molecule has 176 valence electrons. The number of aryl methyl sites for hydroxylation is 1. The molecule has 3 aromatic rings. The second-order valence-electron chi connectivity index (χ2n) is 10.0. The number of nitrogens with one attached hydrogen (secondary N) is 1. The summed E-state index contributed by atoms with van der Waals surface area (Å²) in [5.74, 6) is 0.999. The SMILES string of the molecule is Cc1cccc(C(CC(=O)NC2CCC(N)CC2)c2cn(CC3CC3)c3ccccc23)c1.Cl. The number of nitrogens with two attached hydrogens (primary N) is 1. The molecular formula is C28H36ClN3O. The van der Waals surface area contributed by atoms with Crippen molar-refractivity contribution < 1.29 is 4.79 Å². The molecule has 1 amide bonds. The summed E-state index contributed by atoms with van der Waals surface area (Å²) in [7, 11) is 0. The Balaban J connectivity index is 0.00000259. The fraction of sp³-hybridized carbons (Fsp3) is 0.464. The van der Waals surface area contributed by atoms with Crippen LogP contribution in [0.25, 0.3) is 10.9 Å². The highest BCUT2D eigenvalue weighted by Crippen LogP contribution is 2.38. The van der Waals surface area contributed by atoms with Gasteiger partial charge in [0.1, 0.15) is 0 Å². The van der Waals surface area contributed by atoms with Crippen LogP contribution in [0.5, 0.6) is 0 Å². The highest BCUT2D eigenvalue weighted by molar-refractivity contribution is 5.87. The van der Waals surface area contributed by atoms with Gasteiger partial charge in [0.2, 0.25) is 5.91 Å². The lowest BCUT2D eigenvalue weighted by molar-refractivity contribution is -0.122. The van der Waals surface area contributed by atoms with Crippen molar-refractivity contribution in [3.05, 3.63) is 71.4 Å². The molecule has 0 bridgehead atoms. The molecule has 0 spiro atoms. The normalized spacial score (nSPS) is 21.4. The Bertz CT molecular complexity index is 1100. The van der Waals surface area contributed by atoms with Gasteiger partial charge >= 0.3 is 0 Å². The molecule has 1 heterocycles. The van der Waals surface area contributed by atoms with Gasteiger partial charge in [0.15, 0.2) is 0 Å². The number of para-hydroxylation sites is 1. The average molecular weight is 466 g/mol. The zero-order chi connectivity index (χ0) is 22.1. The van der Waals surface area contributed by atoms with Gasteiger partial charge in [0.25, 0.3) is 0 Å². The first kappa shape index (κ1) is 23.8. The first-order chi connectivity index (χ1) is 15.6. The first-order valence-electron chi connectivity index (χ1n) is 12.3. The largest absolute Gasteiger partial charge is 0.353 e. The third kappa shape index (κ3) is 5.62. The molecule has 3 N–H and O–H groups in total. The Morgan fingerprint density at radius 2 is 1.82 bits per heavy atom. The second-order valence-corrected chi connectivity index (χ2v) is 10.0. The fourth-order valence-electron chi connectivity index (χ4n) is 5.31. The molecule has 2 fully saturated rings. The van der Waals surface area contributed by atoms with Crippen molar-refractivity contribution in [1.29, 1.82) is 0 Å². The van der Waals surface area contributed by atoms with Crippen LogP contribution >= 0.6 is 12.4 Å². The third-order valence-electron chi connectivity index (χ3n) is 7.32. The molecule has 1 unspecified atom stereocenters. The molecule has 0 aliphatic heterocycles. The summed E-state index contributed by atoms with van der Waals surface area (Å²) in [6.07, 6.45) is 9.44. The number of nitrogens with zero attached hydrogens (tertiary/aromatic N) is 1. The van der Waals surface area contributed by atoms with Crippen LogP contribution in [0.3, 0.4) is 0 Å². The lowest BCUT2D eigenvalue weighted by Crippen LogP contribution is -2.40. The van der Waals surface area contributed by atoms with E-state index in [0.29, 0.717) is 12.5 Å². The summed E-state index contributed by atoms with van der Waals surface area (Å²) in [5, 5.41) is 4.59. The number of hydrogen-bond donors (Lipinski definition) is 2. The summed E-state index contributed by atoms with van der Waals surface area (Å²) in [6, 6.07) is 17.9. The monoisotopic (exact) mass is 465 g/mol. The number of hydrogen-bond acceptors (Lipinski definition) is 2. The maximum atomic E-state index is 13.2. The lowest BCUT2D eigenvalue weighted by atomic mass is 9.86. The Morgan fingerprint density at radius 1 is 1.06 bits per heavy atom. The van der Waals surface area contributed by atoms with Crippen LogP contribution < -0.4 is 11.1 Å². The molecular weight excluding hydrogens is 430 g/mol. The minimum absolute atomic E-state index is 0. The summed E-state index contributed by atoms with van der Waals surface area (Å²) >= 11 is 0. The molecule has 0 radical (unpaired) electrons. The van der Waals surface area contributed by atoms with E-state index in [2.05, 4.69) is 71.5 Å². The zero-order valence-corrected chi connectivity index (χ0v) is 20.3. The van der Waals surface area contributed by atoms with Gasteiger partial charge in [0.05, 0.1) is 0 Å². The van der Waals surface area contributed by atoms with Crippen molar-refractivity contribution >= 4 is 29.2 Å². The topological polar surface area (TPSA) is 60.1 Å². The first-order valence-corrected chi connectivity index (χ1v) is 12.3. The summed E-state index contributed by atoms with van der Waals surface area (Å²) in [6.45, 7) is 3.21. The third-order valence-corrected chi connectivity index (χ3v) is 7.32. The number of amides is 1. The van der Waals surface area contributed by atoms with Crippen molar-refractivity contribution in [3.8, 4) is 0 Å². The van der Waals surface area contributed by atoms with Gasteiger partial charge in [-0.25, -0.2) is 0 Å². The minimum atomic E-state index is 0. The summed E-state index contributed by atoms with van der Waals surface area (Å²) in [5.41, 5.74) is 11.1. The van der Waals surface area contributed by atoms with Crippen LogP contribution in [0.15, 0.2) is 54.7 Å². The molecule has 2 aliphatic rings. The molecule has 5 rings (SSSR count). The van der Waals surface area contributed by atoms with Gasteiger partial charge in [-0.15, -0.1) is 12.4 Å². The van der Waals surface area contributed by atoms with Gasteiger partial charge in [-0.2, -0.15) is 0 Å². The van der Waals surface area contributed by atoms with Gasteiger partial charge in [0, 0.05) is 48.1 Å². The van der Waals surface area contributed by atoms with Crippen LogP contribution in [0, 0.1) is 12.8 Å². The number of halogens is 1. The van der Waals surface area contributed by atoms with E-state index >= 15 is 0 Å². The average Bonchev–Trinajstić information content (AvgIpc) is 3.54. The number of carbonyl (C=O) groups excluding carboxylic acids is 1. The van der Waals surface area contributed by atoms with Crippen LogP contribution in [0.1, 0.15) is 67.6 Å². The van der Waals surface area contributed by atoms with Crippen molar-refractivity contribution in [3.63, 3.8) is 0 Å². The van der Waals surface area contributed by atoms with Gasteiger partial charge in [-0.3, -0.25) is 4.79 Å². The molecule has 33 heavy (non-hydrogen) atoms. The zero-order valence-electron chi connectivity index (χ0n) is 19.5. The molecule has 4 nitrogen and oxygen atoms in total. The van der Waals surface area contributed by atoms with Crippen LogP contribution in [-0.2, 0) is 11.3 Å². The Labute approximate surface area is 203 Å². The maximum Gasteiger partial charge on any atom is 0.221 e. The quantitative estimate of drug-likeness (QED) is 0.470. The molecule has 0 saturated heterocycles. The van der Waals surface area contributed by atoms with Gasteiger partial charge in [-0.05, 0) is 68.6 Å². The van der Waals surface area contributed by atoms with E-state index in [1.807, 2.05) is 0 Å². The van der Waals surface area contributed by atoms with E-state index < -0.39 is 0 Å². The highest BCUT2D eigenvalue weighted by Gasteiger charge is 2.27. The van der Waals surface area contributed by atoms with E-state index in [1.165, 1.54) is 40.4 Å². The maximum absolute atomic E-state index is 13.2. The number of benzene rings is 2. The molecule has 5 heteroatoms. The standard InChI is InChI=1S/C28H35N3O.ClH/c1-19-5-4-6-21(15-19)25(16-28(32)30-23-13-11-22(29)12-14-23)26-18-31(17-20-9-10-20)27-8-3-2-7-24(26)27;/h2-8,15,18,20,22-23,25H,9-14,16-17,29H2,1H3,(H,30,32);1H. The number of rotatable bonds is 7. The van der Waals surface area contributed by atoms with E-state index in [-0.39, 0.29) is 30.3 Å². The van der Waals surface area contributed by atoms with E-state index in [9.17, 15) is 4.79 Å². The van der Waals surface area contributed by atoms with E-state index in [1.54, 1.807) is 0 Å². The highest BCUT2D eigenvalue weighted by atomic mass is 35.5. The van der Waals surface area contributed by atoms with E-state index in [4.69, 9.17) is 5.73 Å². The minimum Gasteiger partial charge on any atom is -0.353 e. The summed E-state index contributed by atoms with van der Waals surface area (Å²) < 4.78 is 2.42. The summed E-state index contributed by atoms with van der Waals surface area (Å²) in [4.78, 5) is 13.2. The molecule has 2 saturated carbocycles. The Hall–Kier alpha value is -2.30. The van der Waals surface area contributed by atoms with Crippen molar-refractivity contribution in [2.24, 2.45) is 11.7 Å². The van der Waals surface area contributed by atoms with Gasteiger partial charge < -0.3 is 15.6 Å². The van der Waals surface area contributed by atoms with E-state index in [0.717, 1.165) is 38.1 Å². The Kier molecular flexibility index (Phi) is 7.45. The molecule has 1 atom stereocenters. The van der Waals surface area contributed by atoms with Crippen LogP contribution in [0.2, 0.25) is 0 Å². The smallest absolute Gasteiger partial charge is 0.221 e. The van der Waals surface area contributed by atoms with Crippen molar-refractivity contribution in [2.45, 2.75) is 76.4 Å². The van der Waals surface area contributed by atoms with Gasteiger partial charge in [-0.1, -0.05) is 48.0 Å².